The van der Waals surface area contributed by atoms with Gasteiger partial charge in [-0.15, -0.1) is 0 Å². The number of methoxy groups -OCH3 is 2. The molecule has 6 heteroatoms. The van der Waals surface area contributed by atoms with Gasteiger partial charge in [0.1, 0.15) is 5.75 Å². The Morgan fingerprint density at radius 3 is 2.96 bits per heavy atom. The predicted molar refractivity (Wildman–Crippen MR) is 105 cm³/mol. The summed E-state index contributed by atoms with van der Waals surface area (Å²) < 4.78 is 16.2. The fraction of sp³-hybridized carbons (Fsp3) is 0.500. The molecule has 1 saturated heterocycles. The van der Waals surface area contributed by atoms with Crippen molar-refractivity contribution in [1.82, 2.24) is 9.88 Å². The van der Waals surface area contributed by atoms with Gasteiger partial charge in [0.05, 0.1) is 38.2 Å². The molecule has 4 heterocycles. The van der Waals surface area contributed by atoms with Gasteiger partial charge in [0.2, 0.25) is 0 Å². The molecular formula is C22H26N2O4. The van der Waals surface area contributed by atoms with E-state index in [-0.39, 0.29) is 24.0 Å². The summed E-state index contributed by atoms with van der Waals surface area (Å²) in [5, 5.41) is 1.28. The van der Waals surface area contributed by atoms with Crippen LogP contribution in [0.3, 0.4) is 0 Å². The Hall–Kier alpha value is -2.47. The number of nitrogens with one attached hydrogen (secondary N) is 1. The summed E-state index contributed by atoms with van der Waals surface area (Å²) in [6.45, 7) is 4.07. The molecule has 1 aromatic carbocycles. The van der Waals surface area contributed by atoms with Gasteiger partial charge in [-0.3, -0.25) is 4.90 Å². The summed E-state index contributed by atoms with van der Waals surface area (Å²) in [6.07, 6.45) is 3.67. The zero-order valence-electron chi connectivity index (χ0n) is 16.5. The van der Waals surface area contributed by atoms with Crippen molar-refractivity contribution in [2.45, 2.75) is 31.9 Å². The van der Waals surface area contributed by atoms with E-state index in [9.17, 15) is 4.79 Å². The first-order valence-electron chi connectivity index (χ1n) is 9.97. The van der Waals surface area contributed by atoms with Gasteiger partial charge in [0.25, 0.3) is 0 Å². The lowest BCUT2D eigenvalue weighted by atomic mass is 9.72. The minimum atomic E-state index is -0.271. The Kier molecular flexibility index (Phi) is 4.12. The van der Waals surface area contributed by atoms with Crippen LogP contribution in [0.4, 0.5) is 0 Å². The van der Waals surface area contributed by atoms with Gasteiger partial charge in [-0.05, 0) is 37.5 Å². The summed E-state index contributed by atoms with van der Waals surface area (Å²) in [4.78, 5) is 18.6. The lowest BCUT2D eigenvalue weighted by Crippen LogP contribution is -2.51. The molecule has 0 spiro atoms. The summed E-state index contributed by atoms with van der Waals surface area (Å²) in [6, 6.07) is 6.53. The van der Waals surface area contributed by atoms with E-state index >= 15 is 0 Å². The van der Waals surface area contributed by atoms with Crippen molar-refractivity contribution in [2.75, 3.05) is 27.3 Å². The van der Waals surface area contributed by atoms with Crippen molar-refractivity contribution in [3.63, 3.8) is 0 Å². The SMILES string of the molecule is COC(=O)C1=CO[C@@H](C)[C@H]2CN3CCc4c([nH]c5cc(OC)ccc45)[C@H]3C[C@@H]12. The predicted octanol–water partition coefficient (Wildman–Crippen LogP) is 3.19. The number of aromatic amines is 1. The van der Waals surface area contributed by atoms with Crippen molar-refractivity contribution in [2.24, 2.45) is 11.8 Å². The molecule has 0 saturated carbocycles. The van der Waals surface area contributed by atoms with Crippen LogP contribution in [0.1, 0.15) is 30.6 Å². The smallest absolute Gasteiger partial charge is 0.337 e. The van der Waals surface area contributed by atoms with Crippen molar-refractivity contribution < 1.29 is 19.0 Å². The molecule has 0 amide bonds. The van der Waals surface area contributed by atoms with Crippen LogP contribution in [0.15, 0.2) is 30.0 Å². The highest BCUT2D eigenvalue weighted by Gasteiger charge is 2.46. The number of carbonyl (C=O) groups excluding carboxylic acids is 1. The highest BCUT2D eigenvalue weighted by Crippen LogP contribution is 2.47. The molecule has 6 nitrogen and oxygen atoms in total. The van der Waals surface area contributed by atoms with E-state index < -0.39 is 0 Å². The number of carbonyl (C=O) groups is 1. The molecule has 1 fully saturated rings. The first-order chi connectivity index (χ1) is 13.6. The van der Waals surface area contributed by atoms with Crippen LogP contribution in [-0.2, 0) is 20.7 Å². The average Bonchev–Trinajstić information content (AvgIpc) is 3.10. The van der Waals surface area contributed by atoms with Gasteiger partial charge >= 0.3 is 5.97 Å². The second kappa shape index (κ2) is 6.55. The van der Waals surface area contributed by atoms with E-state index in [2.05, 4.69) is 28.9 Å². The first-order valence-corrected chi connectivity index (χ1v) is 9.97. The largest absolute Gasteiger partial charge is 0.497 e. The molecule has 1 aromatic heterocycles. The maximum atomic E-state index is 12.3. The highest BCUT2D eigenvalue weighted by molar-refractivity contribution is 5.89. The maximum Gasteiger partial charge on any atom is 0.337 e. The number of esters is 1. The van der Waals surface area contributed by atoms with Crippen molar-refractivity contribution in [1.29, 1.82) is 0 Å². The zero-order chi connectivity index (χ0) is 19.4. The van der Waals surface area contributed by atoms with E-state index in [1.54, 1.807) is 13.4 Å². The zero-order valence-corrected chi connectivity index (χ0v) is 16.5. The van der Waals surface area contributed by atoms with Crippen LogP contribution in [0, 0.1) is 11.8 Å². The summed E-state index contributed by atoms with van der Waals surface area (Å²) in [5.74, 6) is 1.05. The molecule has 3 aliphatic rings. The minimum absolute atomic E-state index is 0.104. The Bertz CT molecular complexity index is 963. The monoisotopic (exact) mass is 382 g/mol. The number of hydrogen-bond donors (Lipinski definition) is 1. The molecule has 0 bridgehead atoms. The summed E-state index contributed by atoms with van der Waals surface area (Å²) in [5.41, 5.74) is 4.49. The normalized spacial score (nSPS) is 29.2. The third kappa shape index (κ3) is 2.54. The van der Waals surface area contributed by atoms with E-state index in [0.29, 0.717) is 11.5 Å². The lowest BCUT2D eigenvalue weighted by Gasteiger charge is -2.49. The number of fused-ring (bicyclic) bond motifs is 6. The van der Waals surface area contributed by atoms with E-state index in [1.165, 1.54) is 23.8 Å². The number of piperidine rings is 1. The number of H-pyrrole nitrogens is 1. The average molecular weight is 382 g/mol. The van der Waals surface area contributed by atoms with Crippen molar-refractivity contribution in [3.05, 3.63) is 41.3 Å². The van der Waals surface area contributed by atoms with Crippen molar-refractivity contribution in [3.8, 4) is 5.75 Å². The molecule has 5 rings (SSSR count). The van der Waals surface area contributed by atoms with Crippen LogP contribution >= 0.6 is 0 Å². The van der Waals surface area contributed by atoms with Gasteiger partial charge in [0, 0.05) is 47.6 Å². The number of nitrogens with zero attached hydrogens (tertiary/aromatic N) is 1. The number of benzene rings is 1. The standard InChI is InChI=1S/C22H26N2O4/c1-12-17-10-24-7-6-15-14-5-4-13(26-2)8-19(14)23-21(15)20(24)9-16(17)18(11-28-12)22(25)27-3/h4-5,8,11-12,16-17,20,23H,6-7,9-10H2,1-3H3/t12-,16+,17+,20+/m0/s1. The van der Waals surface area contributed by atoms with Crippen molar-refractivity contribution >= 4 is 16.9 Å². The number of ether oxygens (including phenoxy) is 3. The first kappa shape index (κ1) is 17.6. The molecule has 2 aromatic rings. The second-order valence-corrected chi connectivity index (χ2v) is 8.10. The van der Waals surface area contributed by atoms with Crippen LogP contribution < -0.4 is 4.74 Å². The minimum Gasteiger partial charge on any atom is -0.497 e. The van der Waals surface area contributed by atoms with E-state index in [0.717, 1.165) is 37.2 Å². The number of rotatable bonds is 2. The molecule has 148 valence electrons. The fourth-order valence-electron chi connectivity index (χ4n) is 5.35. The molecule has 28 heavy (non-hydrogen) atoms. The number of aromatic nitrogens is 1. The van der Waals surface area contributed by atoms with E-state index in [4.69, 9.17) is 14.2 Å². The van der Waals surface area contributed by atoms with Crippen LogP contribution in [0.25, 0.3) is 10.9 Å². The Morgan fingerprint density at radius 1 is 1.32 bits per heavy atom. The van der Waals surface area contributed by atoms with Gasteiger partial charge in [-0.2, -0.15) is 0 Å². The molecule has 1 N–H and O–H groups in total. The molecule has 4 atom stereocenters. The topological polar surface area (TPSA) is 63.8 Å². The third-order valence-corrected chi connectivity index (χ3v) is 6.84. The van der Waals surface area contributed by atoms with Crippen LogP contribution in [0.5, 0.6) is 5.75 Å². The lowest BCUT2D eigenvalue weighted by molar-refractivity contribution is -0.139. The maximum absolute atomic E-state index is 12.3. The van der Waals surface area contributed by atoms with Crippen LogP contribution in [-0.4, -0.2) is 49.3 Å². The Balaban J connectivity index is 1.54. The number of hydrogen-bond acceptors (Lipinski definition) is 5. The van der Waals surface area contributed by atoms with E-state index in [1.807, 2.05) is 6.07 Å². The quantitative estimate of drug-likeness (QED) is 0.809. The Labute approximate surface area is 164 Å². The molecule has 3 aliphatic heterocycles. The third-order valence-electron chi connectivity index (χ3n) is 6.84. The van der Waals surface area contributed by atoms with Gasteiger partial charge < -0.3 is 19.2 Å². The highest BCUT2D eigenvalue weighted by atomic mass is 16.5. The molecule has 0 radical (unpaired) electrons. The fourth-order valence-corrected chi connectivity index (χ4v) is 5.35. The molecule has 0 aliphatic carbocycles. The molecule has 0 unspecified atom stereocenters. The second-order valence-electron chi connectivity index (χ2n) is 8.10. The van der Waals surface area contributed by atoms with Gasteiger partial charge in [-0.25, -0.2) is 4.79 Å². The Morgan fingerprint density at radius 2 is 2.18 bits per heavy atom. The van der Waals surface area contributed by atoms with Crippen LogP contribution in [0.2, 0.25) is 0 Å². The molecular weight excluding hydrogens is 356 g/mol. The summed E-state index contributed by atoms with van der Waals surface area (Å²) in [7, 11) is 3.13. The summed E-state index contributed by atoms with van der Waals surface area (Å²) >= 11 is 0. The van der Waals surface area contributed by atoms with Gasteiger partial charge in [-0.1, -0.05) is 0 Å². The van der Waals surface area contributed by atoms with Gasteiger partial charge in [0.15, 0.2) is 0 Å².